The summed E-state index contributed by atoms with van der Waals surface area (Å²) in [5.41, 5.74) is 5.36. The number of allylic oxidation sites excluding steroid dienone is 19. The quantitative estimate of drug-likeness (QED) is 0.0274. The zero-order chi connectivity index (χ0) is 40.9. The van der Waals surface area contributed by atoms with Crippen LogP contribution in [0.2, 0.25) is 0 Å². The Kier molecular flexibility index (Phi) is 40.6. The van der Waals surface area contributed by atoms with E-state index in [2.05, 4.69) is 129 Å². The standard InChI is InChI=1S/C47H76NO7P/c1-3-5-7-9-11-13-15-17-19-21-22-23-24-25-26-28-30-32-34-36-38-40-47(49)55-46(45-54-56(50,51)53-43-41-48)44-52-42-39-37-35-33-31-29-27-20-18-16-14-12-10-8-6-4-2/h5-8,11-14,17-20,22-23,25-26,29,31,35,37,46H,3-4,9-10,15-16,21,24,27-28,30,32-34,36,38-45,48H2,1-2H3,(H,50,51)/b7-5-,8-6-,13-11-,14-12-,19-17-,20-18-,23-22-,26-25-,31-29-,37-35-. The summed E-state index contributed by atoms with van der Waals surface area (Å²) in [5.74, 6) is -0.380. The van der Waals surface area contributed by atoms with E-state index in [1.807, 2.05) is 6.08 Å². The third-order valence-electron chi connectivity index (χ3n) is 7.89. The van der Waals surface area contributed by atoms with E-state index in [-0.39, 0.29) is 38.8 Å². The molecule has 0 rings (SSSR count). The predicted octanol–water partition coefficient (Wildman–Crippen LogP) is 12.6. The number of phosphoric ester groups is 1. The molecule has 0 aromatic heterocycles. The Labute approximate surface area is 341 Å². The molecule has 0 radical (unpaired) electrons. The molecule has 0 bridgehead atoms. The zero-order valence-electron chi connectivity index (χ0n) is 34.8. The number of nitrogens with two attached hydrogens (primary N) is 1. The van der Waals surface area contributed by atoms with Crippen molar-refractivity contribution >= 4 is 13.8 Å². The molecule has 8 nitrogen and oxygen atoms in total. The van der Waals surface area contributed by atoms with Crippen LogP contribution in [0, 0.1) is 0 Å². The van der Waals surface area contributed by atoms with Crippen molar-refractivity contribution in [2.24, 2.45) is 5.73 Å². The first-order valence-corrected chi connectivity index (χ1v) is 22.5. The van der Waals surface area contributed by atoms with E-state index in [0.29, 0.717) is 13.0 Å². The topological polar surface area (TPSA) is 117 Å². The maximum absolute atomic E-state index is 12.6. The highest BCUT2D eigenvalue weighted by Crippen LogP contribution is 2.43. The summed E-state index contributed by atoms with van der Waals surface area (Å²) in [4.78, 5) is 22.5. The highest BCUT2D eigenvalue weighted by atomic mass is 31.2. The maximum atomic E-state index is 12.6. The molecule has 0 fully saturated rings. The largest absolute Gasteiger partial charge is 0.472 e. The monoisotopic (exact) mass is 798 g/mol. The fraction of sp³-hybridized carbons (Fsp3) is 0.553. The number of hydrogen-bond acceptors (Lipinski definition) is 7. The highest BCUT2D eigenvalue weighted by molar-refractivity contribution is 7.47. The second kappa shape index (κ2) is 43.0. The highest BCUT2D eigenvalue weighted by Gasteiger charge is 2.25. The SMILES string of the molecule is CC/C=C\C/C=C\C/C=C\C/C=C\C/C=C\CCCCCCCC(=O)OC(COCC/C=C\C/C=C\C/C=C\C/C=C\C/C=C\CC)COP(=O)(O)OCCN. The number of hydrogen-bond donors (Lipinski definition) is 2. The molecule has 9 heteroatoms. The van der Waals surface area contributed by atoms with Crippen LogP contribution >= 0.6 is 7.82 Å². The number of carbonyl (C=O) groups is 1. The van der Waals surface area contributed by atoms with Crippen molar-refractivity contribution in [3.63, 3.8) is 0 Å². The molecule has 56 heavy (non-hydrogen) atoms. The van der Waals surface area contributed by atoms with E-state index in [0.717, 1.165) is 103 Å². The summed E-state index contributed by atoms with van der Waals surface area (Å²) >= 11 is 0. The molecular weight excluding hydrogens is 721 g/mol. The van der Waals surface area contributed by atoms with Gasteiger partial charge in [0.25, 0.3) is 0 Å². The van der Waals surface area contributed by atoms with Crippen molar-refractivity contribution in [2.75, 3.05) is 33.0 Å². The fourth-order valence-electron chi connectivity index (χ4n) is 4.91. The fourth-order valence-corrected chi connectivity index (χ4v) is 5.67. The van der Waals surface area contributed by atoms with Crippen LogP contribution in [-0.2, 0) is 27.9 Å². The van der Waals surface area contributed by atoms with E-state index in [4.69, 9.17) is 24.3 Å². The van der Waals surface area contributed by atoms with Gasteiger partial charge in [0.05, 0.1) is 26.4 Å². The predicted molar refractivity (Wildman–Crippen MR) is 237 cm³/mol. The van der Waals surface area contributed by atoms with Gasteiger partial charge in [0.2, 0.25) is 0 Å². The van der Waals surface area contributed by atoms with Gasteiger partial charge in [0.15, 0.2) is 0 Å². The molecule has 0 saturated carbocycles. The van der Waals surface area contributed by atoms with E-state index < -0.39 is 13.9 Å². The molecule has 0 aromatic rings. The van der Waals surface area contributed by atoms with E-state index in [9.17, 15) is 14.3 Å². The van der Waals surface area contributed by atoms with E-state index in [1.165, 1.54) is 0 Å². The van der Waals surface area contributed by atoms with Gasteiger partial charge in [0.1, 0.15) is 6.10 Å². The minimum Gasteiger partial charge on any atom is -0.457 e. The Hall–Kier alpha value is -3.10. The van der Waals surface area contributed by atoms with Crippen LogP contribution in [0.5, 0.6) is 0 Å². The van der Waals surface area contributed by atoms with Crippen molar-refractivity contribution in [3.05, 3.63) is 122 Å². The smallest absolute Gasteiger partial charge is 0.457 e. The summed E-state index contributed by atoms with van der Waals surface area (Å²) in [6.45, 7) is 4.39. The lowest BCUT2D eigenvalue weighted by molar-refractivity contribution is -0.154. The van der Waals surface area contributed by atoms with Gasteiger partial charge < -0.3 is 20.1 Å². The third-order valence-corrected chi connectivity index (χ3v) is 8.88. The molecule has 0 aliphatic heterocycles. The van der Waals surface area contributed by atoms with Gasteiger partial charge >= 0.3 is 13.8 Å². The molecule has 3 N–H and O–H groups in total. The average Bonchev–Trinajstić information content (AvgIpc) is 3.19. The lowest BCUT2D eigenvalue weighted by Crippen LogP contribution is -2.28. The van der Waals surface area contributed by atoms with Gasteiger partial charge in [-0.25, -0.2) is 4.57 Å². The first-order valence-electron chi connectivity index (χ1n) is 21.0. The average molecular weight is 798 g/mol. The van der Waals surface area contributed by atoms with Crippen LogP contribution in [-0.4, -0.2) is 49.9 Å². The normalized spacial score (nSPS) is 14.7. The van der Waals surface area contributed by atoms with E-state index in [1.54, 1.807) is 0 Å². The van der Waals surface area contributed by atoms with Crippen LogP contribution in [0.15, 0.2) is 122 Å². The first kappa shape index (κ1) is 52.9. The number of unbranched alkanes of at least 4 members (excludes halogenated alkanes) is 5. The number of rotatable bonds is 38. The Bertz CT molecular complexity index is 1260. The summed E-state index contributed by atoms with van der Waals surface area (Å²) in [6, 6.07) is 0. The number of carbonyl (C=O) groups excluding carboxylic acids is 1. The third kappa shape index (κ3) is 42.1. The summed E-state index contributed by atoms with van der Waals surface area (Å²) in [6.07, 6.45) is 59.5. The van der Waals surface area contributed by atoms with Gasteiger partial charge in [-0.1, -0.05) is 155 Å². The van der Waals surface area contributed by atoms with Gasteiger partial charge in [-0.3, -0.25) is 13.8 Å². The molecule has 0 amide bonds. The van der Waals surface area contributed by atoms with Crippen molar-refractivity contribution in [3.8, 4) is 0 Å². The van der Waals surface area contributed by atoms with Crippen LogP contribution in [0.25, 0.3) is 0 Å². The van der Waals surface area contributed by atoms with Gasteiger partial charge in [-0.15, -0.1) is 0 Å². The Morgan fingerprint density at radius 3 is 1.41 bits per heavy atom. The number of esters is 1. The maximum Gasteiger partial charge on any atom is 0.472 e. The summed E-state index contributed by atoms with van der Waals surface area (Å²) in [5, 5.41) is 0. The second-order valence-electron chi connectivity index (χ2n) is 13.1. The molecule has 2 unspecified atom stereocenters. The van der Waals surface area contributed by atoms with Crippen LogP contribution in [0.4, 0.5) is 0 Å². The lowest BCUT2D eigenvalue weighted by atomic mass is 10.1. The molecule has 0 heterocycles. The summed E-state index contributed by atoms with van der Waals surface area (Å²) < 4.78 is 33.3. The van der Waals surface area contributed by atoms with Gasteiger partial charge in [0, 0.05) is 13.0 Å². The molecule has 0 spiro atoms. The van der Waals surface area contributed by atoms with E-state index >= 15 is 0 Å². The minimum absolute atomic E-state index is 0.0448. The lowest BCUT2D eigenvalue weighted by Gasteiger charge is -2.19. The Balaban J connectivity index is 4.23. The minimum atomic E-state index is -4.31. The van der Waals surface area contributed by atoms with Gasteiger partial charge in [-0.2, -0.15) is 0 Å². The molecule has 0 aliphatic rings. The molecule has 0 saturated heterocycles. The van der Waals surface area contributed by atoms with Crippen LogP contribution in [0.1, 0.15) is 129 Å². The second-order valence-corrected chi connectivity index (χ2v) is 14.5. The Morgan fingerprint density at radius 2 is 0.946 bits per heavy atom. The zero-order valence-corrected chi connectivity index (χ0v) is 35.7. The van der Waals surface area contributed by atoms with Crippen molar-refractivity contribution in [2.45, 2.75) is 136 Å². The first-order chi connectivity index (χ1) is 27.4. The summed E-state index contributed by atoms with van der Waals surface area (Å²) in [7, 11) is -4.31. The molecule has 0 aliphatic carbocycles. The van der Waals surface area contributed by atoms with Crippen molar-refractivity contribution in [1.82, 2.24) is 0 Å². The van der Waals surface area contributed by atoms with Gasteiger partial charge in [-0.05, 0) is 89.9 Å². The molecule has 0 aromatic carbocycles. The molecule has 2 atom stereocenters. The van der Waals surface area contributed by atoms with Crippen molar-refractivity contribution in [1.29, 1.82) is 0 Å². The number of ether oxygens (including phenoxy) is 2. The Morgan fingerprint density at radius 1 is 0.536 bits per heavy atom. The molecule has 316 valence electrons. The van der Waals surface area contributed by atoms with Crippen molar-refractivity contribution < 1.29 is 32.8 Å². The number of phosphoric acid groups is 1. The van der Waals surface area contributed by atoms with Crippen LogP contribution < -0.4 is 5.73 Å². The van der Waals surface area contributed by atoms with Crippen LogP contribution in [0.3, 0.4) is 0 Å². The molecular formula is C47H76NO7P.